The minimum Gasteiger partial charge on any atom is -0.504 e. The van der Waals surface area contributed by atoms with Crippen LogP contribution in [0.2, 0.25) is 0 Å². The molecule has 4 heterocycles. The molecule has 2 aromatic rings. The molecule has 2 aromatic carbocycles. The number of hydrogen-bond donors (Lipinski definition) is 6. The average molecular weight is 635 g/mol. The van der Waals surface area contributed by atoms with Gasteiger partial charge < -0.3 is 49.9 Å². The Kier molecular flexibility index (Phi) is 5.53. The number of aliphatic hydroxyl groups excluding tert-OH is 2. The molecule has 46 heavy (non-hydrogen) atoms. The van der Waals surface area contributed by atoms with Crippen LogP contribution in [0.3, 0.4) is 0 Å². The van der Waals surface area contributed by atoms with E-state index in [1.54, 1.807) is 12.1 Å². The fraction of sp³-hybridized carbons (Fsp3) is 0.588. The number of carbonyl (C=O) groups is 2. The Bertz CT molecular complexity index is 1620. The van der Waals surface area contributed by atoms with Crippen LogP contribution >= 0.6 is 0 Å². The molecule has 12 nitrogen and oxygen atoms in total. The molecule has 0 radical (unpaired) electrons. The fourth-order valence-corrected chi connectivity index (χ4v) is 11.2. The molecule has 2 saturated heterocycles. The van der Waals surface area contributed by atoms with Crippen LogP contribution in [-0.2, 0) is 33.3 Å². The number of ether oxygens (including phenoxy) is 2. The number of Topliss-reactive ketones (excluding diaryl/α,β-unsaturated/α-hetero) is 2. The molecule has 10 atom stereocenters. The van der Waals surface area contributed by atoms with Gasteiger partial charge in [-0.1, -0.05) is 12.1 Å². The molecule has 4 aliphatic heterocycles. The number of hydrogen-bond acceptors (Lipinski definition) is 12. The number of phenolic OH excluding ortho intramolecular Hbond substituents is 2. The largest absolute Gasteiger partial charge is 0.504 e. The zero-order valence-electron chi connectivity index (χ0n) is 25.6. The van der Waals surface area contributed by atoms with E-state index in [9.17, 15) is 40.2 Å². The minimum atomic E-state index is -1.44. The Morgan fingerprint density at radius 1 is 0.674 bits per heavy atom. The molecular formula is C34H38N2O10. The lowest BCUT2D eigenvalue weighted by Crippen LogP contribution is -2.80. The Morgan fingerprint density at radius 2 is 1.07 bits per heavy atom. The highest BCUT2D eigenvalue weighted by Gasteiger charge is 2.77. The van der Waals surface area contributed by atoms with Gasteiger partial charge in [-0.15, -0.1) is 0 Å². The third-order valence-corrected chi connectivity index (χ3v) is 13.1. The van der Waals surface area contributed by atoms with Crippen molar-refractivity contribution in [1.29, 1.82) is 0 Å². The second-order valence-corrected chi connectivity index (χ2v) is 14.8. The molecular weight excluding hydrogens is 596 g/mol. The maximum Gasteiger partial charge on any atom is 0.177 e. The van der Waals surface area contributed by atoms with E-state index >= 15 is 0 Å². The van der Waals surface area contributed by atoms with Crippen LogP contribution < -0.4 is 9.47 Å². The van der Waals surface area contributed by atoms with Crippen molar-refractivity contribution >= 4 is 11.6 Å². The molecule has 2 unspecified atom stereocenters. The van der Waals surface area contributed by atoms with Gasteiger partial charge in [-0.05, 0) is 76.1 Å². The lowest BCUT2D eigenvalue weighted by atomic mass is 9.48. The van der Waals surface area contributed by atoms with E-state index in [0.29, 0.717) is 50.3 Å². The summed E-state index contributed by atoms with van der Waals surface area (Å²) >= 11 is 0. The number of likely N-dealkylation sites (N-methyl/N-ethyl adjacent to an activating group) is 2. The van der Waals surface area contributed by atoms with Crippen molar-refractivity contribution in [3.63, 3.8) is 0 Å². The third kappa shape index (κ3) is 2.91. The molecule has 4 aliphatic carbocycles. The van der Waals surface area contributed by atoms with Gasteiger partial charge in [0.25, 0.3) is 0 Å². The number of carbonyl (C=O) groups excluding carboxylic acids is 2. The number of nitrogens with zero attached hydrogens (tertiary/aromatic N) is 2. The Hall–Kier alpha value is -3.26. The summed E-state index contributed by atoms with van der Waals surface area (Å²) < 4.78 is 11.8. The van der Waals surface area contributed by atoms with Crippen molar-refractivity contribution in [2.24, 2.45) is 0 Å². The Labute approximate surface area is 264 Å². The van der Waals surface area contributed by atoms with E-state index in [4.69, 9.17) is 9.47 Å². The van der Waals surface area contributed by atoms with Crippen LogP contribution in [-0.4, -0.2) is 127 Å². The van der Waals surface area contributed by atoms with E-state index in [0.717, 1.165) is 22.3 Å². The molecule has 0 amide bonds. The van der Waals surface area contributed by atoms with Crippen LogP contribution in [0.25, 0.3) is 0 Å². The van der Waals surface area contributed by atoms with Crippen molar-refractivity contribution in [2.75, 3.05) is 27.2 Å². The number of rotatable bonds is 0. The lowest BCUT2D eigenvalue weighted by Gasteiger charge is -2.63. The first-order chi connectivity index (χ1) is 21.8. The first-order valence-electron chi connectivity index (χ1n) is 16.1. The third-order valence-electron chi connectivity index (χ3n) is 13.1. The average Bonchev–Trinajstić information content (AvgIpc) is 3.56. The van der Waals surface area contributed by atoms with E-state index in [1.165, 1.54) is 0 Å². The lowest BCUT2D eigenvalue weighted by molar-refractivity contribution is -0.226. The van der Waals surface area contributed by atoms with Gasteiger partial charge in [0.05, 0.1) is 23.0 Å². The zero-order valence-corrected chi connectivity index (χ0v) is 25.6. The van der Waals surface area contributed by atoms with E-state index in [-0.39, 0.29) is 48.0 Å². The normalized spacial score (nSPS) is 44.0. The number of piperidine rings is 2. The van der Waals surface area contributed by atoms with Crippen LogP contribution in [0.5, 0.6) is 23.0 Å². The predicted molar refractivity (Wildman–Crippen MR) is 159 cm³/mol. The molecule has 0 aromatic heterocycles. The summed E-state index contributed by atoms with van der Waals surface area (Å²) in [5, 5.41) is 65.1. The van der Waals surface area contributed by atoms with E-state index < -0.39 is 46.4 Å². The maximum atomic E-state index is 12.6. The van der Waals surface area contributed by atoms with Crippen molar-refractivity contribution in [1.82, 2.24) is 9.80 Å². The SMILES string of the molecule is CN1CC[C@]23c4c5ccc(O)c4O[C@H]2C(=O)C[C@@H](O)C3(O)[C@H]1C5.CN1CC[C@]23c4c5ccc(O)c4O[C@H]2C(=O)C[C@@H](O)C3(O)[C@H]1C5. The molecule has 2 saturated carbocycles. The Morgan fingerprint density at radius 3 is 1.46 bits per heavy atom. The fourth-order valence-electron chi connectivity index (χ4n) is 11.2. The summed E-state index contributed by atoms with van der Waals surface area (Å²) in [5.41, 5.74) is -1.34. The number of phenols is 2. The first-order valence-corrected chi connectivity index (χ1v) is 16.1. The van der Waals surface area contributed by atoms with Gasteiger partial charge in [-0.25, -0.2) is 0 Å². The second kappa shape index (κ2) is 8.80. The minimum absolute atomic E-state index is 0.00505. The quantitative estimate of drug-likeness (QED) is 0.218. The molecule has 4 bridgehead atoms. The number of benzene rings is 2. The summed E-state index contributed by atoms with van der Waals surface area (Å²) in [5.74, 6) is 0.222. The van der Waals surface area contributed by atoms with Crippen molar-refractivity contribution in [3.8, 4) is 23.0 Å². The number of aliphatic hydroxyl groups is 4. The second-order valence-electron chi connectivity index (χ2n) is 14.8. The van der Waals surface area contributed by atoms with Gasteiger partial charge in [0.2, 0.25) is 0 Å². The topological polar surface area (TPSA) is 180 Å². The van der Waals surface area contributed by atoms with Gasteiger partial charge in [0.1, 0.15) is 11.2 Å². The molecule has 244 valence electrons. The van der Waals surface area contributed by atoms with Crippen LogP contribution in [0.15, 0.2) is 24.3 Å². The van der Waals surface area contributed by atoms with Gasteiger partial charge in [-0.3, -0.25) is 9.59 Å². The highest BCUT2D eigenvalue weighted by atomic mass is 16.5. The van der Waals surface area contributed by atoms with E-state index in [2.05, 4.69) is 9.80 Å². The highest BCUT2D eigenvalue weighted by Crippen LogP contribution is 2.66. The summed E-state index contributed by atoms with van der Waals surface area (Å²) in [6, 6.07) is 6.33. The van der Waals surface area contributed by atoms with Gasteiger partial charge in [0.15, 0.2) is 46.8 Å². The van der Waals surface area contributed by atoms with Crippen molar-refractivity contribution in [2.45, 2.75) is 97.1 Å². The van der Waals surface area contributed by atoms with Crippen LogP contribution in [0.4, 0.5) is 0 Å². The summed E-state index contributed by atoms with van der Waals surface area (Å²) in [6.45, 7) is 1.42. The maximum absolute atomic E-state index is 12.6. The Balaban J connectivity index is 0.000000127. The first kappa shape index (κ1) is 28.9. The number of aromatic hydroxyl groups is 2. The smallest absolute Gasteiger partial charge is 0.177 e. The van der Waals surface area contributed by atoms with Gasteiger partial charge >= 0.3 is 0 Å². The molecule has 6 N–H and O–H groups in total. The van der Waals surface area contributed by atoms with Crippen molar-refractivity contribution < 1.29 is 49.7 Å². The van der Waals surface area contributed by atoms with Crippen LogP contribution in [0.1, 0.15) is 47.9 Å². The molecule has 2 spiro atoms. The number of likely N-dealkylation sites (tertiary alicyclic amines) is 2. The zero-order chi connectivity index (χ0) is 32.3. The standard InChI is InChI=1S/2C17H19NO5/c2*1-18-5-4-16-13-8-2-3-9(19)14(13)23-15(16)10(20)7-12(21)17(16,22)11(18)6-8/h2*2-3,11-12,15,19,21-22H,4-7H2,1H3/t2*11-,12-,15+,16+,17?/m11/s1. The highest BCUT2D eigenvalue weighted by molar-refractivity contribution is 5.91. The monoisotopic (exact) mass is 634 g/mol. The molecule has 12 heteroatoms. The molecule has 8 aliphatic rings. The predicted octanol–water partition coefficient (Wildman–Crippen LogP) is -0.568. The number of ketones is 2. The van der Waals surface area contributed by atoms with Crippen molar-refractivity contribution in [3.05, 3.63) is 46.5 Å². The van der Waals surface area contributed by atoms with Crippen LogP contribution in [0, 0.1) is 0 Å². The van der Waals surface area contributed by atoms with Gasteiger partial charge in [-0.2, -0.15) is 0 Å². The molecule has 10 rings (SSSR count). The summed E-state index contributed by atoms with van der Waals surface area (Å²) in [4.78, 5) is 29.3. The molecule has 4 fully saturated rings. The summed E-state index contributed by atoms with van der Waals surface area (Å²) in [6.07, 6.45) is -1.94. The van der Waals surface area contributed by atoms with Gasteiger partial charge in [0, 0.05) is 36.1 Å². The van der Waals surface area contributed by atoms with E-state index in [1.807, 2.05) is 26.2 Å². The summed E-state index contributed by atoms with van der Waals surface area (Å²) in [7, 11) is 3.88.